The molecular weight excluding hydrogens is 494 g/mol. The van der Waals surface area contributed by atoms with Gasteiger partial charge in [0.15, 0.2) is 0 Å². The number of amides is 2. The maximum atomic E-state index is 12.7. The van der Waals surface area contributed by atoms with Crippen LogP contribution in [-0.2, 0) is 19.1 Å². The first-order valence-electron chi connectivity index (χ1n) is 13.4. The average Bonchev–Trinajstić information content (AvgIpc) is 3.30. The summed E-state index contributed by atoms with van der Waals surface area (Å²) in [7, 11) is 0. The number of likely N-dealkylation sites (tertiary alicyclic amines) is 1. The largest absolute Gasteiger partial charge is 0.466 e. The normalized spacial score (nSPS) is 18.1. The number of anilines is 2. The number of rotatable bonds is 7. The summed E-state index contributed by atoms with van der Waals surface area (Å²) in [4.78, 5) is 39.8. The summed E-state index contributed by atoms with van der Waals surface area (Å²) in [5.74, 6) is -0.669. The molecule has 2 aromatic rings. The second-order valence-electron chi connectivity index (χ2n) is 11.7. The zero-order valence-corrected chi connectivity index (χ0v) is 24.0. The molecule has 2 unspecified atom stereocenters. The van der Waals surface area contributed by atoms with Crippen LogP contribution in [0, 0.1) is 5.92 Å². The molecule has 1 aliphatic heterocycles. The van der Waals surface area contributed by atoms with Crippen LogP contribution in [0.1, 0.15) is 65.5 Å². The highest BCUT2D eigenvalue weighted by Gasteiger charge is 2.42. The summed E-state index contributed by atoms with van der Waals surface area (Å²) in [6.07, 6.45) is 2.57. The number of nitrogens with zero attached hydrogens (tertiary/aromatic N) is 1. The monoisotopic (exact) mass is 535 g/mol. The van der Waals surface area contributed by atoms with Gasteiger partial charge < -0.3 is 14.8 Å². The Labute approximate surface area is 231 Å². The molecule has 0 saturated carbocycles. The van der Waals surface area contributed by atoms with Crippen LogP contribution in [0.5, 0.6) is 0 Å². The first-order valence-corrected chi connectivity index (χ1v) is 13.4. The highest BCUT2D eigenvalue weighted by Crippen LogP contribution is 2.37. The number of carbonyl (C=O) groups is 3. The molecule has 0 spiro atoms. The van der Waals surface area contributed by atoms with Crippen molar-refractivity contribution in [1.29, 1.82) is 0 Å². The highest BCUT2D eigenvalue weighted by molar-refractivity contribution is 6.05. The minimum atomic E-state index is -0.635. The molecule has 0 bridgehead atoms. The van der Waals surface area contributed by atoms with E-state index >= 15 is 0 Å². The van der Waals surface area contributed by atoms with E-state index in [2.05, 4.69) is 36.3 Å². The summed E-state index contributed by atoms with van der Waals surface area (Å²) in [6, 6.07) is 14.8. The fraction of sp³-hybridized carbons (Fsp3) is 0.452. The molecule has 2 aromatic carbocycles. The van der Waals surface area contributed by atoms with Crippen LogP contribution in [0.25, 0.3) is 6.08 Å². The lowest BCUT2D eigenvalue weighted by atomic mass is 9.88. The smallest absolute Gasteiger partial charge is 0.412 e. The standard InChI is InChI=1S/C31H41N3O5/c1-8-38-28(36)24-20-34(30(2,3)4)19-23(24)22-16-13-21(14-17-22)15-18-27(35)32-25-11-9-10-12-26(25)33-29(37)39-31(5,6)7/h9-18,23-24H,8,19-20H2,1-7H3,(H,32,35)(H,33,37). The van der Waals surface area contributed by atoms with Gasteiger partial charge in [0.25, 0.3) is 0 Å². The summed E-state index contributed by atoms with van der Waals surface area (Å²) in [6.45, 7) is 15.5. The molecule has 210 valence electrons. The lowest BCUT2D eigenvalue weighted by molar-refractivity contribution is -0.148. The van der Waals surface area contributed by atoms with E-state index in [0.29, 0.717) is 24.5 Å². The Morgan fingerprint density at radius 1 is 0.923 bits per heavy atom. The highest BCUT2D eigenvalue weighted by atomic mass is 16.6. The van der Waals surface area contributed by atoms with Gasteiger partial charge in [0.05, 0.1) is 23.9 Å². The molecule has 3 rings (SSSR count). The van der Waals surface area contributed by atoms with Gasteiger partial charge in [-0.1, -0.05) is 36.4 Å². The quantitative estimate of drug-likeness (QED) is 0.330. The Bertz CT molecular complexity index is 1190. The van der Waals surface area contributed by atoms with Crippen LogP contribution in [0.3, 0.4) is 0 Å². The number of para-hydroxylation sites is 2. The first kappa shape index (κ1) is 29.9. The van der Waals surface area contributed by atoms with Gasteiger partial charge in [-0.05, 0) is 77.8 Å². The zero-order chi connectivity index (χ0) is 28.8. The third kappa shape index (κ3) is 8.68. The molecule has 39 heavy (non-hydrogen) atoms. The Morgan fingerprint density at radius 2 is 1.54 bits per heavy atom. The molecule has 0 radical (unpaired) electrons. The Hall–Kier alpha value is -3.65. The van der Waals surface area contributed by atoms with Crippen molar-refractivity contribution in [2.24, 2.45) is 5.92 Å². The number of hydrogen-bond acceptors (Lipinski definition) is 6. The fourth-order valence-electron chi connectivity index (χ4n) is 4.49. The maximum absolute atomic E-state index is 12.7. The van der Waals surface area contributed by atoms with Crippen LogP contribution >= 0.6 is 0 Å². The summed E-state index contributed by atoms with van der Waals surface area (Å²) >= 11 is 0. The van der Waals surface area contributed by atoms with E-state index in [1.54, 1.807) is 51.1 Å². The van der Waals surface area contributed by atoms with Crippen molar-refractivity contribution in [3.63, 3.8) is 0 Å². The zero-order valence-electron chi connectivity index (χ0n) is 24.0. The molecule has 0 aromatic heterocycles. The van der Waals surface area contributed by atoms with Gasteiger partial charge in [0.1, 0.15) is 5.60 Å². The van der Waals surface area contributed by atoms with Crippen LogP contribution in [-0.4, -0.2) is 53.7 Å². The van der Waals surface area contributed by atoms with Gasteiger partial charge in [-0.15, -0.1) is 0 Å². The minimum Gasteiger partial charge on any atom is -0.466 e. The third-order valence-corrected chi connectivity index (χ3v) is 6.47. The molecule has 8 heteroatoms. The molecule has 8 nitrogen and oxygen atoms in total. The topological polar surface area (TPSA) is 97.0 Å². The lowest BCUT2D eigenvalue weighted by Gasteiger charge is -2.31. The molecule has 0 aliphatic carbocycles. The van der Waals surface area contributed by atoms with E-state index in [1.807, 2.05) is 31.2 Å². The molecular formula is C31H41N3O5. The SMILES string of the molecule is CCOC(=O)C1CN(C(C)(C)C)CC1c1ccc(C=CC(=O)Nc2ccccc2NC(=O)OC(C)(C)C)cc1. The van der Waals surface area contributed by atoms with Crippen molar-refractivity contribution in [3.8, 4) is 0 Å². The fourth-order valence-corrected chi connectivity index (χ4v) is 4.49. The molecule has 1 fully saturated rings. The molecule has 1 aliphatic rings. The third-order valence-electron chi connectivity index (χ3n) is 6.47. The number of nitrogens with one attached hydrogen (secondary N) is 2. The van der Waals surface area contributed by atoms with Crippen molar-refractivity contribution in [3.05, 3.63) is 65.7 Å². The minimum absolute atomic E-state index is 0.0404. The maximum Gasteiger partial charge on any atom is 0.412 e. The number of benzene rings is 2. The van der Waals surface area contributed by atoms with Crippen LogP contribution in [0.4, 0.5) is 16.2 Å². The first-order chi connectivity index (χ1) is 18.3. The van der Waals surface area contributed by atoms with E-state index < -0.39 is 11.7 Å². The van der Waals surface area contributed by atoms with E-state index in [1.165, 1.54) is 6.08 Å². The molecule has 2 N–H and O–H groups in total. The summed E-state index contributed by atoms with van der Waals surface area (Å²) in [5, 5.41) is 5.48. The predicted octanol–water partition coefficient (Wildman–Crippen LogP) is 6.06. The van der Waals surface area contributed by atoms with Gasteiger partial charge in [-0.25, -0.2) is 4.79 Å². The second-order valence-corrected chi connectivity index (χ2v) is 11.7. The van der Waals surface area contributed by atoms with E-state index in [9.17, 15) is 14.4 Å². The number of carbonyl (C=O) groups excluding carboxylic acids is 3. The molecule has 1 heterocycles. The number of hydrogen-bond donors (Lipinski definition) is 2. The van der Waals surface area contributed by atoms with Gasteiger partial charge >= 0.3 is 12.1 Å². The Balaban J connectivity index is 1.67. The van der Waals surface area contributed by atoms with Gasteiger partial charge in [0.2, 0.25) is 5.91 Å². The van der Waals surface area contributed by atoms with Gasteiger partial charge in [0, 0.05) is 30.6 Å². The van der Waals surface area contributed by atoms with E-state index in [-0.39, 0.29) is 29.3 Å². The van der Waals surface area contributed by atoms with Crippen LogP contribution in [0.15, 0.2) is 54.6 Å². The second kappa shape index (κ2) is 12.5. The number of esters is 1. The van der Waals surface area contributed by atoms with Crippen molar-refractivity contribution in [2.75, 3.05) is 30.3 Å². The molecule has 2 atom stereocenters. The predicted molar refractivity (Wildman–Crippen MR) is 155 cm³/mol. The van der Waals surface area contributed by atoms with Gasteiger partial charge in [-0.2, -0.15) is 0 Å². The van der Waals surface area contributed by atoms with E-state index in [4.69, 9.17) is 9.47 Å². The summed E-state index contributed by atoms with van der Waals surface area (Å²) in [5.41, 5.74) is 2.15. The Morgan fingerprint density at radius 3 is 2.10 bits per heavy atom. The number of ether oxygens (including phenoxy) is 2. The van der Waals surface area contributed by atoms with Crippen molar-refractivity contribution < 1.29 is 23.9 Å². The van der Waals surface area contributed by atoms with Crippen molar-refractivity contribution >= 4 is 35.4 Å². The molecule has 1 saturated heterocycles. The molecule has 2 amide bonds. The Kier molecular flexibility index (Phi) is 9.56. The van der Waals surface area contributed by atoms with Crippen molar-refractivity contribution in [2.45, 2.75) is 65.5 Å². The van der Waals surface area contributed by atoms with Crippen LogP contribution in [0.2, 0.25) is 0 Å². The van der Waals surface area contributed by atoms with E-state index in [0.717, 1.165) is 17.7 Å². The lowest BCUT2D eigenvalue weighted by Crippen LogP contribution is -2.40. The average molecular weight is 536 g/mol. The van der Waals surface area contributed by atoms with Crippen LogP contribution < -0.4 is 10.6 Å². The summed E-state index contributed by atoms with van der Waals surface area (Å²) < 4.78 is 10.7. The van der Waals surface area contributed by atoms with Crippen molar-refractivity contribution in [1.82, 2.24) is 4.90 Å². The van der Waals surface area contributed by atoms with Gasteiger partial charge in [-0.3, -0.25) is 19.8 Å².